The molecule has 0 fully saturated rings. The molecular formula is C15H15N7O2. The number of nitrogens with zero attached hydrogens (tertiary/aromatic N) is 5. The number of carbonyl (C=O) groups excluding carboxylic acids is 1. The molecule has 9 nitrogen and oxygen atoms in total. The first-order valence-corrected chi connectivity index (χ1v) is 6.99. The first-order chi connectivity index (χ1) is 11.6. The molecular weight excluding hydrogens is 310 g/mol. The molecule has 1 amide bonds. The third-order valence-electron chi connectivity index (χ3n) is 2.94. The van der Waals surface area contributed by atoms with Crippen LogP contribution in [0.2, 0.25) is 0 Å². The Balaban J connectivity index is 1.96. The molecule has 2 rings (SSSR count). The number of hydrogen-bond acceptors (Lipinski definition) is 8. The van der Waals surface area contributed by atoms with Gasteiger partial charge in [0.05, 0.1) is 18.8 Å². The summed E-state index contributed by atoms with van der Waals surface area (Å²) in [6.07, 6.45) is 4.46. The summed E-state index contributed by atoms with van der Waals surface area (Å²) in [5, 5.41) is 18.5. The summed E-state index contributed by atoms with van der Waals surface area (Å²) in [5.74, 6) is 5.09. The number of aliphatic imine (C=N–C) groups is 1. The third kappa shape index (κ3) is 4.48. The van der Waals surface area contributed by atoms with Gasteiger partial charge in [0.15, 0.2) is 11.5 Å². The van der Waals surface area contributed by atoms with E-state index in [2.05, 4.69) is 25.6 Å². The second kappa shape index (κ2) is 8.19. The van der Waals surface area contributed by atoms with Gasteiger partial charge in [-0.3, -0.25) is 14.8 Å². The zero-order chi connectivity index (χ0) is 17.4. The Morgan fingerprint density at radius 2 is 2.29 bits per heavy atom. The summed E-state index contributed by atoms with van der Waals surface area (Å²) in [7, 11) is 0. The molecule has 0 aliphatic carbocycles. The number of rotatable bonds is 6. The van der Waals surface area contributed by atoms with Crippen LogP contribution in [0.25, 0.3) is 11.3 Å². The van der Waals surface area contributed by atoms with Crippen molar-refractivity contribution in [2.45, 2.75) is 19.5 Å². The van der Waals surface area contributed by atoms with Crippen LogP contribution < -0.4 is 11.2 Å². The molecule has 2 heterocycles. The van der Waals surface area contributed by atoms with E-state index in [1.807, 2.05) is 6.07 Å². The minimum atomic E-state index is -0.591. The van der Waals surface area contributed by atoms with E-state index in [4.69, 9.17) is 15.6 Å². The number of carbonyl (C=O) groups is 1. The Kier molecular flexibility index (Phi) is 5.74. The summed E-state index contributed by atoms with van der Waals surface area (Å²) in [5.41, 5.74) is 1.40. The second-order valence-electron chi connectivity index (χ2n) is 4.69. The zero-order valence-electron chi connectivity index (χ0n) is 12.9. The van der Waals surface area contributed by atoms with Crippen LogP contribution >= 0.6 is 0 Å². The van der Waals surface area contributed by atoms with Crippen LogP contribution in [0.1, 0.15) is 12.7 Å². The van der Waals surface area contributed by atoms with Gasteiger partial charge >= 0.3 is 0 Å². The highest BCUT2D eigenvalue weighted by Gasteiger charge is 2.12. The first-order valence-electron chi connectivity index (χ1n) is 6.99. The van der Waals surface area contributed by atoms with Crippen molar-refractivity contribution in [3.63, 3.8) is 0 Å². The lowest BCUT2D eigenvalue weighted by Gasteiger charge is -2.01. The maximum Gasteiger partial charge on any atom is 0.273 e. The minimum absolute atomic E-state index is 0.0917. The highest BCUT2D eigenvalue weighted by molar-refractivity contribution is 6.60. The lowest BCUT2D eigenvalue weighted by molar-refractivity contribution is -0.114. The number of hydrazone groups is 1. The molecule has 122 valence electrons. The molecule has 9 heteroatoms. The van der Waals surface area contributed by atoms with Gasteiger partial charge < -0.3 is 15.7 Å². The molecule has 2 aromatic heterocycles. The van der Waals surface area contributed by atoms with E-state index >= 15 is 0 Å². The number of nitriles is 1. The predicted octanol–water partition coefficient (Wildman–Crippen LogP) is 0.650. The molecule has 3 N–H and O–H groups in total. The van der Waals surface area contributed by atoms with E-state index < -0.39 is 11.9 Å². The quantitative estimate of drug-likeness (QED) is 0.453. The fourth-order valence-corrected chi connectivity index (χ4v) is 1.68. The van der Waals surface area contributed by atoms with Gasteiger partial charge in [0.1, 0.15) is 11.7 Å². The van der Waals surface area contributed by atoms with Gasteiger partial charge in [-0.05, 0) is 19.1 Å². The van der Waals surface area contributed by atoms with Crippen molar-refractivity contribution in [2.75, 3.05) is 0 Å². The molecule has 0 saturated heterocycles. The molecule has 24 heavy (non-hydrogen) atoms. The van der Waals surface area contributed by atoms with Gasteiger partial charge in [-0.1, -0.05) is 5.16 Å². The maximum absolute atomic E-state index is 12.0. The van der Waals surface area contributed by atoms with Crippen LogP contribution in [0.3, 0.4) is 0 Å². The monoisotopic (exact) mass is 325 g/mol. The van der Waals surface area contributed by atoms with Crippen molar-refractivity contribution in [3.8, 4) is 17.3 Å². The molecule has 0 radical (unpaired) electrons. The normalized spacial score (nSPS) is 12.8. The second-order valence-corrected chi connectivity index (χ2v) is 4.69. The average molecular weight is 325 g/mol. The third-order valence-corrected chi connectivity index (χ3v) is 2.94. The largest absolute Gasteiger partial charge is 0.359 e. The smallest absolute Gasteiger partial charge is 0.273 e. The number of amides is 1. The molecule has 0 aromatic carbocycles. The number of aromatic nitrogens is 2. The van der Waals surface area contributed by atoms with Gasteiger partial charge in [-0.15, -0.1) is 0 Å². The van der Waals surface area contributed by atoms with Gasteiger partial charge in [-0.2, -0.15) is 10.4 Å². The summed E-state index contributed by atoms with van der Waals surface area (Å²) >= 11 is 0. The zero-order valence-corrected chi connectivity index (χ0v) is 12.9. The van der Waals surface area contributed by atoms with Crippen LogP contribution in [-0.4, -0.2) is 34.0 Å². The Bertz CT molecular complexity index is 790. The molecule has 2 aromatic rings. The minimum Gasteiger partial charge on any atom is -0.359 e. The topological polar surface area (TPSA) is 143 Å². The van der Waals surface area contributed by atoms with Crippen LogP contribution in [0.15, 0.2) is 45.2 Å². The van der Waals surface area contributed by atoms with Gasteiger partial charge in [0.25, 0.3) is 5.91 Å². The first kappa shape index (κ1) is 16.8. The van der Waals surface area contributed by atoms with Crippen LogP contribution in [-0.2, 0) is 11.3 Å². The van der Waals surface area contributed by atoms with E-state index in [-0.39, 0.29) is 12.3 Å². The summed E-state index contributed by atoms with van der Waals surface area (Å²) in [6, 6.07) is 6.62. The van der Waals surface area contributed by atoms with E-state index in [9.17, 15) is 4.79 Å². The van der Waals surface area contributed by atoms with E-state index in [0.29, 0.717) is 11.5 Å². The lowest BCUT2D eigenvalue weighted by Crippen LogP contribution is -2.32. The molecule has 1 atom stereocenters. The maximum atomic E-state index is 12.0. The average Bonchev–Trinajstić information content (AvgIpc) is 3.10. The van der Waals surface area contributed by atoms with Crippen molar-refractivity contribution in [1.29, 1.82) is 5.26 Å². The van der Waals surface area contributed by atoms with Crippen LogP contribution in [0, 0.1) is 11.3 Å². The van der Waals surface area contributed by atoms with E-state index in [0.717, 1.165) is 11.8 Å². The highest BCUT2D eigenvalue weighted by atomic mass is 16.5. The fraction of sp³-hybridized carbons (Fsp3) is 0.200. The molecule has 0 aliphatic heterocycles. The molecule has 0 spiro atoms. The van der Waals surface area contributed by atoms with Crippen molar-refractivity contribution in [1.82, 2.24) is 15.5 Å². The Morgan fingerprint density at radius 1 is 1.54 bits per heavy atom. The van der Waals surface area contributed by atoms with Gasteiger partial charge in [0, 0.05) is 24.0 Å². The number of nitrogens with two attached hydrogens (primary N) is 1. The standard InChI is InChI=1S/C15H15N7O2/c1-10(7-16)19-9-14(21-17)15(23)20-8-12-6-13(22-24-12)11-2-4-18-5-3-11/h2-6,9-10H,8,17H2,1H3,(H,20,23)/b19-9?,21-14+. The number of nitrogens with one attached hydrogen (secondary N) is 1. The summed E-state index contributed by atoms with van der Waals surface area (Å²) < 4.78 is 5.17. The molecule has 0 saturated carbocycles. The molecule has 0 aliphatic rings. The predicted molar refractivity (Wildman–Crippen MR) is 86.8 cm³/mol. The van der Waals surface area contributed by atoms with Crippen molar-refractivity contribution in [2.24, 2.45) is 15.9 Å². The fourth-order valence-electron chi connectivity index (χ4n) is 1.68. The number of pyridine rings is 1. The summed E-state index contributed by atoms with van der Waals surface area (Å²) in [4.78, 5) is 19.7. The van der Waals surface area contributed by atoms with Crippen molar-refractivity contribution in [3.05, 3.63) is 36.4 Å². The van der Waals surface area contributed by atoms with E-state index in [1.54, 1.807) is 37.5 Å². The summed E-state index contributed by atoms with van der Waals surface area (Å²) in [6.45, 7) is 1.69. The van der Waals surface area contributed by atoms with Gasteiger partial charge in [-0.25, -0.2) is 0 Å². The SMILES string of the molecule is CC(C#N)N=C/C(=N\N)C(=O)NCc1cc(-c2ccncc2)no1. The van der Waals surface area contributed by atoms with Crippen molar-refractivity contribution < 1.29 is 9.32 Å². The van der Waals surface area contributed by atoms with Crippen LogP contribution in [0.4, 0.5) is 0 Å². The van der Waals surface area contributed by atoms with Crippen molar-refractivity contribution >= 4 is 17.8 Å². The Morgan fingerprint density at radius 3 is 2.96 bits per heavy atom. The van der Waals surface area contributed by atoms with Crippen LogP contribution in [0.5, 0.6) is 0 Å². The van der Waals surface area contributed by atoms with Gasteiger partial charge in [0.2, 0.25) is 0 Å². The molecule has 1 unspecified atom stereocenters. The Hall–Kier alpha value is -3.54. The molecule has 0 bridgehead atoms. The van der Waals surface area contributed by atoms with E-state index in [1.165, 1.54) is 0 Å². The highest BCUT2D eigenvalue weighted by Crippen LogP contribution is 2.17. The Labute approximate surface area is 137 Å². The number of hydrogen-bond donors (Lipinski definition) is 2. The lowest BCUT2D eigenvalue weighted by atomic mass is 10.2.